The smallest absolute Gasteiger partial charge is 0.344 e. The van der Waals surface area contributed by atoms with E-state index in [2.05, 4.69) is 106 Å². The molecule has 0 fully saturated rings. The first-order valence-corrected chi connectivity index (χ1v) is 38.3. The van der Waals surface area contributed by atoms with Crippen LogP contribution in [0.25, 0.3) is 0 Å². The van der Waals surface area contributed by atoms with Crippen molar-refractivity contribution in [2.75, 3.05) is 13.3 Å². The van der Waals surface area contributed by atoms with Crippen molar-refractivity contribution >= 4 is 66.3 Å². The maximum Gasteiger partial charge on any atom is 0.344 e. The summed E-state index contributed by atoms with van der Waals surface area (Å²) < 4.78 is 38.9. The molecule has 15 heteroatoms. The van der Waals surface area contributed by atoms with Crippen molar-refractivity contribution in [1.29, 1.82) is 0 Å². The average Bonchev–Trinajstić information content (AvgIpc) is 2.55. The van der Waals surface area contributed by atoms with E-state index >= 15 is 0 Å². The molecule has 0 aliphatic heterocycles. The second kappa shape index (κ2) is 14.6. The molecule has 0 aliphatic rings. The van der Waals surface area contributed by atoms with Crippen molar-refractivity contribution in [2.45, 2.75) is 131 Å². The van der Waals surface area contributed by atoms with Crippen LogP contribution >= 0.6 is 0 Å². The lowest BCUT2D eigenvalue weighted by Gasteiger charge is -2.45. The summed E-state index contributed by atoms with van der Waals surface area (Å²) in [6, 6.07) is 1.73. The van der Waals surface area contributed by atoms with E-state index in [9.17, 15) is 4.80 Å². The van der Waals surface area contributed by atoms with E-state index in [-0.39, 0.29) is 0 Å². The number of rotatable bonds is 15. The molecule has 226 valence electrons. The molecule has 0 aromatic carbocycles. The SMILES string of the molecule is CC[Si](C)(O[Si](C)(C)C)O[Si](C)(COC)O[Si](C)(CC)O[Si](C)(C)O[Si](C)(C)C.C[Si](C)(C)[Si](C)(C)O. The van der Waals surface area contributed by atoms with Crippen molar-refractivity contribution < 1.29 is 30.1 Å². The van der Waals surface area contributed by atoms with Gasteiger partial charge in [-0.05, 0) is 97.2 Å². The van der Waals surface area contributed by atoms with Crippen molar-refractivity contribution in [3.63, 3.8) is 0 Å². The molecule has 0 aromatic rings. The highest BCUT2D eigenvalue weighted by atomic mass is 29.3. The highest BCUT2D eigenvalue weighted by molar-refractivity contribution is 7.37. The quantitative estimate of drug-likeness (QED) is 0.182. The van der Waals surface area contributed by atoms with Gasteiger partial charge in [-0.1, -0.05) is 33.5 Å². The van der Waals surface area contributed by atoms with E-state index in [0.29, 0.717) is 6.23 Å². The fourth-order valence-corrected chi connectivity index (χ4v) is 31.5. The van der Waals surface area contributed by atoms with Crippen LogP contribution in [0.4, 0.5) is 0 Å². The molecule has 37 heavy (non-hydrogen) atoms. The molecule has 0 rings (SSSR count). The maximum atomic E-state index is 9.55. The van der Waals surface area contributed by atoms with Gasteiger partial charge in [-0.3, -0.25) is 0 Å². The molecule has 0 saturated carbocycles. The van der Waals surface area contributed by atoms with Crippen molar-refractivity contribution in [1.82, 2.24) is 0 Å². The summed E-state index contributed by atoms with van der Waals surface area (Å²) in [4.78, 5) is 9.55. The molecular formula is C22H64O7Si8. The molecule has 3 atom stereocenters. The van der Waals surface area contributed by atoms with Gasteiger partial charge in [0.2, 0.25) is 0 Å². The van der Waals surface area contributed by atoms with Crippen molar-refractivity contribution in [3.05, 3.63) is 0 Å². The third-order valence-electron chi connectivity index (χ3n) is 5.93. The average molecular weight is 665 g/mol. The molecule has 0 spiro atoms. The van der Waals surface area contributed by atoms with Crippen LogP contribution in [0.2, 0.25) is 117 Å². The molecule has 0 radical (unpaired) electrons. The molecular weight excluding hydrogens is 601 g/mol. The number of hydrogen-bond acceptors (Lipinski definition) is 7. The molecule has 0 aliphatic carbocycles. The number of hydrogen-bond donors (Lipinski definition) is 1. The molecule has 7 nitrogen and oxygen atoms in total. The van der Waals surface area contributed by atoms with E-state index in [1.54, 1.807) is 7.11 Å². The summed E-state index contributed by atoms with van der Waals surface area (Å²) in [5, 5.41) is 0. The summed E-state index contributed by atoms with van der Waals surface area (Å²) in [6.45, 7) is 38.9. The van der Waals surface area contributed by atoms with Crippen LogP contribution in [0.5, 0.6) is 0 Å². The summed E-state index contributed by atoms with van der Waals surface area (Å²) >= 11 is 0. The molecule has 1 N–H and O–H groups in total. The van der Waals surface area contributed by atoms with Gasteiger partial charge in [0.05, 0.1) is 13.8 Å². The van der Waals surface area contributed by atoms with Gasteiger partial charge in [-0.25, -0.2) is 0 Å². The molecule has 0 bridgehead atoms. The Balaban J connectivity index is 0. The third-order valence-corrected chi connectivity index (χ3v) is 43.2. The first kappa shape index (κ1) is 40.6. The van der Waals surface area contributed by atoms with E-state index in [4.69, 9.17) is 25.3 Å². The highest BCUT2D eigenvalue weighted by Gasteiger charge is 2.51. The lowest BCUT2D eigenvalue weighted by Crippen LogP contribution is -2.63. The Morgan fingerprint density at radius 2 is 0.811 bits per heavy atom. The van der Waals surface area contributed by atoms with Gasteiger partial charge in [0.15, 0.2) is 24.5 Å². The lowest BCUT2D eigenvalue weighted by atomic mass is 11.0. The van der Waals surface area contributed by atoms with Crippen LogP contribution in [0.1, 0.15) is 13.8 Å². The number of methoxy groups -OCH3 is 1. The van der Waals surface area contributed by atoms with Gasteiger partial charge in [0, 0.05) is 7.11 Å². The van der Waals surface area contributed by atoms with Gasteiger partial charge >= 0.3 is 34.2 Å². The predicted octanol–water partition coefficient (Wildman–Crippen LogP) is 7.48. The second-order valence-corrected chi connectivity index (χ2v) is 54.1. The van der Waals surface area contributed by atoms with E-state index in [1.807, 2.05) is 13.1 Å². The first-order valence-electron chi connectivity index (χ1n) is 13.7. The molecule has 0 saturated heterocycles. The predicted molar refractivity (Wildman–Crippen MR) is 180 cm³/mol. The number of ether oxygens (including phenoxy) is 1. The van der Waals surface area contributed by atoms with Gasteiger partial charge in [0.25, 0.3) is 0 Å². The fraction of sp³-hybridized carbons (Fsp3) is 1.00. The molecule has 0 amide bonds. The Kier molecular flexibility index (Phi) is 16.0. The van der Waals surface area contributed by atoms with Crippen LogP contribution in [0.3, 0.4) is 0 Å². The largest absolute Gasteiger partial charge is 0.437 e. The lowest BCUT2D eigenvalue weighted by molar-refractivity contribution is 0.189. The molecule has 3 unspecified atom stereocenters. The van der Waals surface area contributed by atoms with Crippen LogP contribution in [0.15, 0.2) is 0 Å². The Labute approximate surface area is 239 Å². The van der Waals surface area contributed by atoms with Gasteiger partial charge in [-0.2, -0.15) is 0 Å². The zero-order valence-electron chi connectivity index (χ0n) is 28.0. The second-order valence-electron chi connectivity index (χ2n) is 14.5. The van der Waals surface area contributed by atoms with Crippen molar-refractivity contribution in [2.24, 2.45) is 0 Å². The Bertz CT molecular complexity index is 662. The Morgan fingerprint density at radius 3 is 1.05 bits per heavy atom. The summed E-state index contributed by atoms with van der Waals surface area (Å²) in [5.41, 5.74) is 0. The standard InChI is InChI=1S/C17H48O6Si6.C5H16OSi2/c1-15-27(12,20-25(7,8)9)22-29(14,17-18-3)23-28(13,16-2)21-26(10,11)19-24(4,5)6;1-7(2,3)8(4,5)6/h15-17H2,1-14H3;6H,1-5H3. The fourth-order valence-electron chi connectivity index (χ4n) is 3.51. The van der Waals surface area contributed by atoms with Gasteiger partial charge in [-0.15, -0.1) is 0 Å². The summed E-state index contributed by atoms with van der Waals surface area (Å²) in [7, 11) is -14.5. The summed E-state index contributed by atoms with van der Waals surface area (Å²) in [6.07, 6.45) is 0.466. The van der Waals surface area contributed by atoms with E-state index in [0.717, 1.165) is 12.1 Å². The van der Waals surface area contributed by atoms with Crippen LogP contribution in [-0.2, 0) is 25.3 Å². The van der Waals surface area contributed by atoms with Crippen LogP contribution in [-0.4, -0.2) is 84.4 Å². The zero-order chi connectivity index (χ0) is 30.4. The minimum absolute atomic E-state index is 0.466. The van der Waals surface area contributed by atoms with E-state index < -0.39 is 66.3 Å². The minimum Gasteiger partial charge on any atom is -0.437 e. The Morgan fingerprint density at radius 1 is 0.486 bits per heavy atom. The van der Waals surface area contributed by atoms with Gasteiger partial charge < -0.3 is 30.1 Å². The zero-order valence-corrected chi connectivity index (χ0v) is 36.0. The monoisotopic (exact) mass is 664 g/mol. The topological polar surface area (TPSA) is 75.6 Å². The maximum absolute atomic E-state index is 9.55. The van der Waals surface area contributed by atoms with Crippen LogP contribution in [0, 0.1) is 0 Å². The molecule has 0 heterocycles. The van der Waals surface area contributed by atoms with Crippen LogP contribution < -0.4 is 0 Å². The van der Waals surface area contributed by atoms with E-state index in [1.165, 1.54) is 0 Å². The third kappa shape index (κ3) is 18.5. The first-order chi connectivity index (χ1) is 16.0. The van der Waals surface area contributed by atoms with Crippen molar-refractivity contribution in [3.8, 4) is 0 Å². The van der Waals surface area contributed by atoms with Gasteiger partial charge in [0.1, 0.15) is 0 Å². The Hall–Kier alpha value is 1.46. The summed E-state index contributed by atoms with van der Waals surface area (Å²) in [5.74, 6) is 0. The minimum atomic E-state index is -2.67. The molecule has 0 aromatic heterocycles. The highest BCUT2D eigenvalue weighted by Crippen LogP contribution is 2.30. The normalized spacial score (nSPS) is 18.8.